The quantitative estimate of drug-likeness (QED) is 0.338. The molecule has 0 amide bonds. The van der Waals surface area contributed by atoms with Gasteiger partial charge in [-0.1, -0.05) is 12.1 Å². The maximum absolute atomic E-state index is 6.04. The smallest absolute Gasteiger partial charge is 0.211 e. The van der Waals surface area contributed by atoms with Crippen molar-refractivity contribution < 1.29 is 9.47 Å². The Hall–Kier alpha value is -3.16. The van der Waals surface area contributed by atoms with Gasteiger partial charge in [0.15, 0.2) is 0 Å². The molecule has 36 heavy (non-hydrogen) atoms. The van der Waals surface area contributed by atoms with Gasteiger partial charge in [0.2, 0.25) is 5.95 Å². The van der Waals surface area contributed by atoms with Crippen LogP contribution < -0.4 is 9.64 Å². The van der Waals surface area contributed by atoms with Gasteiger partial charge in [-0.05, 0) is 89.2 Å². The summed E-state index contributed by atoms with van der Waals surface area (Å²) in [5.74, 6) is 1.91. The van der Waals surface area contributed by atoms with Gasteiger partial charge in [-0.2, -0.15) is 0 Å². The molecule has 2 atom stereocenters. The number of anilines is 1. The van der Waals surface area contributed by atoms with E-state index in [-0.39, 0.29) is 12.2 Å². The Bertz CT molecular complexity index is 1370. The summed E-state index contributed by atoms with van der Waals surface area (Å²) in [7, 11) is 4.17. The second kappa shape index (κ2) is 10.1. The Balaban J connectivity index is 1.51. The summed E-state index contributed by atoms with van der Waals surface area (Å²) in [6, 6.07) is 12.9. The fourth-order valence-corrected chi connectivity index (χ4v) is 5.14. The fourth-order valence-electron chi connectivity index (χ4n) is 5.14. The molecule has 0 radical (unpaired) electrons. The molecule has 2 aromatic carbocycles. The zero-order chi connectivity index (χ0) is 25.4. The van der Waals surface area contributed by atoms with Crippen LogP contribution in [-0.4, -0.2) is 71.8 Å². The number of fused-ring (bicyclic) bond motifs is 3. The summed E-state index contributed by atoms with van der Waals surface area (Å²) >= 11 is 0. The number of rotatable bonds is 7. The van der Waals surface area contributed by atoms with Crippen molar-refractivity contribution in [2.75, 3.05) is 45.2 Å². The number of morpholine rings is 1. The third-order valence-corrected chi connectivity index (χ3v) is 6.84. The standard InChI is InChI=1S/C29H37N5O2/c1-19-14-23(9-11-28(19)35-13-7-12-32(5)6)24-8-10-25-26(15-24)34-27(16-30-25)22(4)31-29(34)33-17-20(2)36-21(3)18-33/h8-11,14-16,20-21H,7,12-13,17-18H2,1-6H3/t20-,21+. The lowest BCUT2D eigenvalue weighted by Crippen LogP contribution is -2.46. The number of hydrogen-bond acceptors (Lipinski definition) is 6. The van der Waals surface area contributed by atoms with Crippen molar-refractivity contribution >= 4 is 22.5 Å². The number of imidazole rings is 1. The minimum absolute atomic E-state index is 0.164. The van der Waals surface area contributed by atoms with Crippen LogP contribution in [0.4, 0.5) is 5.95 Å². The summed E-state index contributed by atoms with van der Waals surface area (Å²) in [6.07, 6.45) is 3.27. The molecule has 1 aliphatic heterocycles. The van der Waals surface area contributed by atoms with Crippen LogP contribution in [0.1, 0.15) is 31.5 Å². The van der Waals surface area contributed by atoms with Crippen molar-refractivity contribution in [3.63, 3.8) is 0 Å². The lowest BCUT2D eigenvalue weighted by molar-refractivity contribution is -0.00573. The van der Waals surface area contributed by atoms with Crippen LogP contribution in [-0.2, 0) is 4.74 Å². The maximum atomic E-state index is 6.04. The van der Waals surface area contributed by atoms with Crippen LogP contribution in [0.2, 0.25) is 0 Å². The van der Waals surface area contributed by atoms with Crippen LogP contribution >= 0.6 is 0 Å². The topological polar surface area (TPSA) is 55.1 Å². The van der Waals surface area contributed by atoms with Crippen molar-refractivity contribution in [3.8, 4) is 16.9 Å². The van der Waals surface area contributed by atoms with Crippen LogP contribution in [0.15, 0.2) is 42.6 Å². The van der Waals surface area contributed by atoms with E-state index < -0.39 is 0 Å². The van der Waals surface area contributed by atoms with Gasteiger partial charge in [0.05, 0.1) is 47.3 Å². The number of aryl methyl sites for hydroxylation is 2. The molecule has 7 nitrogen and oxygen atoms in total. The largest absolute Gasteiger partial charge is 0.493 e. The molecule has 0 bridgehead atoms. The van der Waals surface area contributed by atoms with Gasteiger partial charge in [0.25, 0.3) is 0 Å². The molecule has 0 spiro atoms. The molecular weight excluding hydrogens is 450 g/mol. The summed E-state index contributed by atoms with van der Waals surface area (Å²) in [4.78, 5) is 14.3. The third kappa shape index (κ3) is 4.90. The molecule has 3 heterocycles. The van der Waals surface area contributed by atoms with E-state index >= 15 is 0 Å². The highest BCUT2D eigenvalue weighted by molar-refractivity contribution is 5.86. The highest BCUT2D eigenvalue weighted by Crippen LogP contribution is 2.31. The highest BCUT2D eigenvalue weighted by Gasteiger charge is 2.26. The van der Waals surface area contributed by atoms with Crippen molar-refractivity contribution in [2.24, 2.45) is 0 Å². The van der Waals surface area contributed by atoms with E-state index in [2.05, 4.69) is 92.4 Å². The SMILES string of the molecule is Cc1cc(-c2ccc3ncc4c(C)nc(N5C[C@@H](C)O[C@@H](C)C5)n4c3c2)ccc1OCCCN(C)C. The highest BCUT2D eigenvalue weighted by atomic mass is 16.5. The molecule has 0 aliphatic carbocycles. The van der Waals surface area contributed by atoms with E-state index in [1.54, 1.807) is 0 Å². The average molecular weight is 488 g/mol. The molecule has 190 valence electrons. The van der Waals surface area contributed by atoms with Crippen LogP contribution in [0, 0.1) is 13.8 Å². The van der Waals surface area contributed by atoms with Gasteiger partial charge in [0, 0.05) is 19.6 Å². The van der Waals surface area contributed by atoms with E-state index in [4.69, 9.17) is 19.4 Å². The number of aromatic nitrogens is 3. The number of benzene rings is 2. The van der Waals surface area contributed by atoms with Gasteiger partial charge in [0.1, 0.15) is 5.75 Å². The summed E-state index contributed by atoms with van der Waals surface area (Å²) < 4.78 is 14.3. The Kier molecular flexibility index (Phi) is 6.86. The maximum Gasteiger partial charge on any atom is 0.211 e. The molecule has 0 N–H and O–H groups in total. The second-order valence-electron chi connectivity index (χ2n) is 10.3. The van der Waals surface area contributed by atoms with Gasteiger partial charge >= 0.3 is 0 Å². The molecular formula is C29H37N5O2. The lowest BCUT2D eigenvalue weighted by Gasteiger charge is -2.35. The first-order valence-corrected chi connectivity index (χ1v) is 12.9. The van der Waals surface area contributed by atoms with Crippen molar-refractivity contribution in [1.82, 2.24) is 19.3 Å². The molecule has 1 saturated heterocycles. The molecule has 5 rings (SSSR count). The second-order valence-corrected chi connectivity index (χ2v) is 10.3. The Labute approximate surface area is 213 Å². The fraction of sp³-hybridized carbons (Fsp3) is 0.448. The average Bonchev–Trinajstić information content (AvgIpc) is 3.18. The molecule has 0 saturated carbocycles. The first-order chi connectivity index (χ1) is 17.3. The predicted octanol–water partition coefficient (Wildman–Crippen LogP) is 5.11. The predicted molar refractivity (Wildman–Crippen MR) is 146 cm³/mol. The number of ether oxygens (including phenoxy) is 2. The van der Waals surface area contributed by atoms with Crippen LogP contribution in [0.5, 0.6) is 5.75 Å². The van der Waals surface area contributed by atoms with E-state index in [0.717, 1.165) is 77.7 Å². The monoisotopic (exact) mass is 487 g/mol. The van der Waals surface area contributed by atoms with Gasteiger partial charge < -0.3 is 19.3 Å². The summed E-state index contributed by atoms with van der Waals surface area (Å²) in [5.41, 5.74) is 7.51. The molecule has 7 heteroatoms. The van der Waals surface area contributed by atoms with Crippen molar-refractivity contribution in [1.29, 1.82) is 0 Å². The van der Waals surface area contributed by atoms with Gasteiger partial charge in [-0.25, -0.2) is 4.98 Å². The Morgan fingerprint density at radius 1 is 1.00 bits per heavy atom. The summed E-state index contributed by atoms with van der Waals surface area (Å²) in [5, 5.41) is 0. The van der Waals surface area contributed by atoms with Gasteiger partial charge in [-0.3, -0.25) is 9.38 Å². The first kappa shape index (κ1) is 24.5. The molecule has 1 aliphatic rings. The molecule has 0 unspecified atom stereocenters. The third-order valence-electron chi connectivity index (χ3n) is 6.84. The van der Waals surface area contributed by atoms with Crippen LogP contribution in [0.3, 0.4) is 0 Å². The Morgan fingerprint density at radius 3 is 2.44 bits per heavy atom. The minimum Gasteiger partial charge on any atom is -0.493 e. The first-order valence-electron chi connectivity index (χ1n) is 12.9. The van der Waals surface area contributed by atoms with E-state index in [0.29, 0.717) is 0 Å². The van der Waals surface area contributed by atoms with Gasteiger partial charge in [-0.15, -0.1) is 0 Å². The van der Waals surface area contributed by atoms with E-state index in [1.165, 1.54) is 5.56 Å². The minimum atomic E-state index is 0.164. The summed E-state index contributed by atoms with van der Waals surface area (Å²) in [6.45, 7) is 11.8. The normalized spacial score (nSPS) is 18.5. The molecule has 4 aromatic rings. The number of hydrogen-bond donors (Lipinski definition) is 0. The molecule has 1 fully saturated rings. The number of nitrogens with zero attached hydrogens (tertiary/aromatic N) is 5. The Morgan fingerprint density at radius 2 is 1.72 bits per heavy atom. The van der Waals surface area contributed by atoms with Crippen LogP contribution in [0.25, 0.3) is 27.7 Å². The van der Waals surface area contributed by atoms with E-state index in [1.807, 2.05) is 6.20 Å². The lowest BCUT2D eigenvalue weighted by atomic mass is 10.0. The molecule has 2 aromatic heterocycles. The van der Waals surface area contributed by atoms with E-state index in [9.17, 15) is 0 Å². The zero-order valence-electron chi connectivity index (χ0n) is 22.3. The van der Waals surface area contributed by atoms with Crippen molar-refractivity contribution in [2.45, 2.75) is 46.3 Å². The van der Waals surface area contributed by atoms with Crippen molar-refractivity contribution in [3.05, 3.63) is 53.9 Å². The zero-order valence-corrected chi connectivity index (χ0v) is 22.3.